The maximum atomic E-state index is 12.4. The molecule has 0 aliphatic carbocycles. The Hall–Kier alpha value is -1.26. The van der Waals surface area contributed by atoms with Crippen molar-refractivity contribution in [1.82, 2.24) is 10.2 Å². The van der Waals surface area contributed by atoms with Gasteiger partial charge in [0.15, 0.2) is 0 Å². The lowest BCUT2D eigenvalue weighted by Gasteiger charge is -2.33. The van der Waals surface area contributed by atoms with Crippen LogP contribution >= 0.6 is 12.4 Å². The second kappa shape index (κ2) is 10.0. The van der Waals surface area contributed by atoms with Crippen LogP contribution in [0.25, 0.3) is 0 Å². The summed E-state index contributed by atoms with van der Waals surface area (Å²) < 4.78 is 5.49. The van der Waals surface area contributed by atoms with Gasteiger partial charge >= 0.3 is 0 Å². The van der Waals surface area contributed by atoms with E-state index in [4.69, 9.17) is 4.74 Å². The van der Waals surface area contributed by atoms with Crippen LogP contribution in [0.4, 0.5) is 0 Å². The van der Waals surface area contributed by atoms with Crippen LogP contribution < -0.4 is 10.1 Å². The minimum Gasteiger partial charge on any atom is -0.494 e. The molecule has 1 aromatic rings. The molecule has 0 saturated carbocycles. The zero-order valence-corrected chi connectivity index (χ0v) is 16.0. The number of carbonyl (C=O) groups is 1. The Kier molecular flexibility index (Phi) is 8.04. The average molecular weight is 367 g/mol. The number of hydrogen-bond acceptors (Lipinski definition) is 3. The lowest BCUT2D eigenvalue weighted by molar-refractivity contribution is -0.134. The Morgan fingerprint density at radius 2 is 1.92 bits per heavy atom. The average Bonchev–Trinajstić information content (AvgIpc) is 3.16. The Labute approximate surface area is 157 Å². The van der Waals surface area contributed by atoms with Crippen LogP contribution in [0.2, 0.25) is 0 Å². The number of hydrogen-bond donors (Lipinski definition) is 1. The summed E-state index contributed by atoms with van der Waals surface area (Å²) in [5.74, 6) is 2.03. The number of nitrogens with one attached hydrogen (secondary N) is 1. The van der Waals surface area contributed by atoms with Gasteiger partial charge in [0.2, 0.25) is 5.91 Å². The van der Waals surface area contributed by atoms with Crippen molar-refractivity contribution in [3.05, 3.63) is 29.8 Å². The number of benzene rings is 1. The van der Waals surface area contributed by atoms with Gasteiger partial charge in [0.1, 0.15) is 5.75 Å². The summed E-state index contributed by atoms with van der Waals surface area (Å²) in [5.41, 5.74) is 1.38. The fraction of sp³-hybridized carbons (Fsp3) is 0.650. The molecule has 2 aliphatic rings. The Morgan fingerprint density at radius 3 is 2.52 bits per heavy atom. The smallest absolute Gasteiger partial charge is 0.239 e. The fourth-order valence-electron chi connectivity index (χ4n) is 3.85. The van der Waals surface area contributed by atoms with E-state index in [9.17, 15) is 4.79 Å². The molecular weight excluding hydrogens is 336 g/mol. The van der Waals surface area contributed by atoms with Crippen molar-refractivity contribution in [1.29, 1.82) is 0 Å². The van der Waals surface area contributed by atoms with Crippen LogP contribution in [0.15, 0.2) is 24.3 Å². The van der Waals surface area contributed by atoms with Gasteiger partial charge in [-0.25, -0.2) is 0 Å². The van der Waals surface area contributed by atoms with E-state index in [2.05, 4.69) is 34.5 Å². The molecule has 3 rings (SSSR count). The lowest BCUT2D eigenvalue weighted by Crippen LogP contribution is -2.47. The number of amides is 1. The first-order chi connectivity index (χ1) is 11.8. The van der Waals surface area contributed by atoms with Crippen LogP contribution in [0, 0.1) is 5.92 Å². The molecular formula is C20H31ClN2O2. The third-order valence-corrected chi connectivity index (χ3v) is 5.36. The molecule has 1 unspecified atom stereocenters. The van der Waals surface area contributed by atoms with Crippen molar-refractivity contribution in [2.24, 2.45) is 5.92 Å². The molecule has 4 nitrogen and oxygen atoms in total. The molecule has 0 aromatic heterocycles. The SMILES string of the molecule is CCOc1ccc(CCC2CCN(C(=O)C3CCCN3)CC2)cc1.Cl. The number of carbonyl (C=O) groups excluding carboxylic acids is 1. The molecule has 2 aliphatic heterocycles. The molecule has 0 bridgehead atoms. The van der Waals surface area contributed by atoms with E-state index in [1.807, 2.05) is 6.92 Å². The highest BCUT2D eigenvalue weighted by Gasteiger charge is 2.29. The van der Waals surface area contributed by atoms with Crippen LogP contribution in [-0.2, 0) is 11.2 Å². The van der Waals surface area contributed by atoms with Crippen LogP contribution in [0.5, 0.6) is 5.75 Å². The number of piperidine rings is 1. The molecule has 2 heterocycles. The summed E-state index contributed by atoms with van der Waals surface area (Å²) in [6, 6.07) is 8.57. The van der Waals surface area contributed by atoms with Crippen LogP contribution in [0.1, 0.15) is 44.6 Å². The maximum absolute atomic E-state index is 12.4. The van der Waals surface area contributed by atoms with E-state index in [0.29, 0.717) is 12.5 Å². The van der Waals surface area contributed by atoms with Crippen molar-refractivity contribution in [2.75, 3.05) is 26.2 Å². The van der Waals surface area contributed by atoms with E-state index in [1.54, 1.807) is 0 Å². The monoisotopic (exact) mass is 366 g/mol. The van der Waals surface area contributed by atoms with Gasteiger partial charge in [-0.05, 0) is 75.6 Å². The number of nitrogens with zero attached hydrogens (tertiary/aromatic N) is 1. The van der Waals surface area contributed by atoms with Gasteiger partial charge in [0, 0.05) is 13.1 Å². The van der Waals surface area contributed by atoms with Gasteiger partial charge < -0.3 is 15.0 Å². The Balaban J connectivity index is 0.00000225. The van der Waals surface area contributed by atoms with Gasteiger partial charge in [-0.1, -0.05) is 12.1 Å². The number of aryl methyl sites for hydroxylation is 1. The van der Waals surface area contributed by atoms with E-state index >= 15 is 0 Å². The number of rotatable bonds is 6. The summed E-state index contributed by atoms with van der Waals surface area (Å²) in [6.45, 7) is 5.59. The zero-order valence-electron chi connectivity index (χ0n) is 15.2. The third kappa shape index (κ3) is 5.61. The molecule has 1 atom stereocenters. The molecule has 5 heteroatoms. The third-order valence-electron chi connectivity index (χ3n) is 5.36. The molecule has 1 aromatic carbocycles. The topological polar surface area (TPSA) is 41.6 Å². The Morgan fingerprint density at radius 1 is 1.20 bits per heavy atom. The first-order valence-corrected chi connectivity index (χ1v) is 9.50. The molecule has 1 amide bonds. The zero-order chi connectivity index (χ0) is 16.8. The van der Waals surface area contributed by atoms with Crippen molar-refractivity contribution in [3.8, 4) is 5.75 Å². The predicted molar refractivity (Wildman–Crippen MR) is 104 cm³/mol. The van der Waals surface area contributed by atoms with E-state index < -0.39 is 0 Å². The summed E-state index contributed by atoms with van der Waals surface area (Å²) >= 11 is 0. The molecule has 0 spiro atoms. The molecule has 1 N–H and O–H groups in total. The second-order valence-electron chi connectivity index (χ2n) is 7.03. The van der Waals surface area contributed by atoms with E-state index in [1.165, 1.54) is 12.0 Å². The minimum atomic E-state index is 0. The molecule has 0 radical (unpaired) electrons. The standard InChI is InChI=1S/C20H30N2O2.ClH/c1-2-24-18-9-7-16(8-10-18)5-6-17-11-14-22(15-12-17)20(23)19-4-3-13-21-19;/h7-10,17,19,21H,2-6,11-15H2,1H3;1H. The van der Waals surface area contributed by atoms with Crippen LogP contribution in [0.3, 0.4) is 0 Å². The van der Waals surface area contributed by atoms with E-state index in [0.717, 1.165) is 63.4 Å². The van der Waals surface area contributed by atoms with Crippen molar-refractivity contribution >= 4 is 18.3 Å². The van der Waals surface area contributed by atoms with Crippen LogP contribution in [-0.4, -0.2) is 43.1 Å². The Bertz CT molecular complexity index is 521. The van der Waals surface area contributed by atoms with Gasteiger partial charge in [0.25, 0.3) is 0 Å². The van der Waals surface area contributed by atoms with Gasteiger partial charge in [-0.2, -0.15) is 0 Å². The molecule has 2 saturated heterocycles. The fourth-order valence-corrected chi connectivity index (χ4v) is 3.85. The van der Waals surface area contributed by atoms with E-state index in [-0.39, 0.29) is 18.4 Å². The maximum Gasteiger partial charge on any atom is 0.239 e. The molecule has 25 heavy (non-hydrogen) atoms. The quantitative estimate of drug-likeness (QED) is 0.838. The largest absolute Gasteiger partial charge is 0.494 e. The minimum absolute atomic E-state index is 0. The van der Waals surface area contributed by atoms with Gasteiger partial charge in [-0.3, -0.25) is 4.79 Å². The summed E-state index contributed by atoms with van der Waals surface area (Å²) in [7, 11) is 0. The highest BCUT2D eigenvalue weighted by molar-refractivity contribution is 5.85. The predicted octanol–water partition coefficient (Wildman–Crippen LogP) is 3.43. The lowest BCUT2D eigenvalue weighted by atomic mass is 9.90. The molecule has 140 valence electrons. The van der Waals surface area contributed by atoms with Gasteiger partial charge in [-0.15, -0.1) is 12.4 Å². The number of ether oxygens (including phenoxy) is 1. The normalized spacial score (nSPS) is 21.0. The summed E-state index contributed by atoms with van der Waals surface area (Å²) in [4.78, 5) is 14.5. The van der Waals surface area contributed by atoms with Crippen molar-refractivity contribution < 1.29 is 9.53 Å². The first-order valence-electron chi connectivity index (χ1n) is 9.50. The van der Waals surface area contributed by atoms with Crippen molar-refractivity contribution in [3.63, 3.8) is 0 Å². The second-order valence-corrected chi connectivity index (χ2v) is 7.03. The number of likely N-dealkylation sites (tertiary alicyclic amines) is 1. The highest BCUT2D eigenvalue weighted by Crippen LogP contribution is 2.24. The highest BCUT2D eigenvalue weighted by atomic mass is 35.5. The number of halogens is 1. The first kappa shape index (κ1) is 20.1. The summed E-state index contributed by atoms with van der Waals surface area (Å²) in [5, 5.41) is 3.32. The van der Waals surface area contributed by atoms with Gasteiger partial charge in [0.05, 0.1) is 12.6 Å². The van der Waals surface area contributed by atoms with Crippen molar-refractivity contribution in [2.45, 2.75) is 51.5 Å². The summed E-state index contributed by atoms with van der Waals surface area (Å²) in [6.07, 6.45) is 6.78. The molecule has 2 fully saturated rings.